The molecule has 3 nitrogen and oxygen atoms in total. The van der Waals surface area contributed by atoms with E-state index in [0.29, 0.717) is 0 Å². The fourth-order valence-corrected chi connectivity index (χ4v) is 1.83. The van der Waals surface area contributed by atoms with Gasteiger partial charge in [-0.25, -0.2) is 0 Å². The van der Waals surface area contributed by atoms with Crippen molar-refractivity contribution in [2.45, 2.75) is 12.5 Å². The Morgan fingerprint density at radius 1 is 1.82 bits per heavy atom. The first kappa shape index (κ1) is 6.85. The zero-order chi connectivity index (χ0) is 7.84. The third kappa shape index (κ3) is 0.878. The van der Waals surface area contributed by atoms with Crippen LogP contribution in [-0.4, -0.2) is 37.1 Å². The van der Waals surface area contributed by atoms with Crippen molar-refractivity contribution in [2.75, 3.05) is 20.2 Å². The molecule has 0 N–H and O–H groups in total. The average Bonchev–Trinajstić information content (AvgIpc) is 2.61. The maximum atomic E-state index is 11.2. The summed E-state index contributed by atoms with van der Waals surface area (Å²) in [6.45, 7) is 1.95. The molecule has 1 saturated heterocycles. The first-order valence-electron chi connectivity index (χ1n) is 3.83. The number of hydrogen-bond acceptors (Lipinski definition) is 3. The van der Waals surface area contributed by atoms with Crippen molar-refractivity contribution in [3.63, 3.8) is 0 Å². The Labute approximate surface area is 65.6 Å². The SMILES string of the molecule is COC(=O)C1C2=CCN1CC2. The highest BCUT2D eigenvalue weighted by molar-refractivity contribution is 5.81. The Kier molecular flexibility index (Phi) is 1.46. The maximum absolute atomic E-state index is 11.2. The number of carbonyl (C=O) groups is 1. The molecule has 2 bridgehead atoms. The van der Waals surface area contributed by atoms with Crippen LogP contribution in [-0.2, 0) is 9.53 Å². The van der Waals surface area contributed by atoms with E-state index in [1.54, 1.807) is 0 Å². The Hall–Kier alpha value is -0.830. The van der Waals surface area contributed by atoms with Gasteiger partial charge in [0.15, 0.2) is 0 Å². The van der Waals surface area contributed by atoms with Crippen LogP contribution in [0.25, 0.3) is 0 Å². The van der Waals surface area contributed by atoms with Gasteiger partial charge in [0, 0.05) is 13.1 Å². The van der Waals surface area contributed by atoms with Crippen LogP contribution in [0.5, 0.6) is 0 Å². The molecule has 0 aromatic rings. The van der Waals surface area contributed by atoms with Gasteiger partial charge < -0.3 is 4.74 Å². The highest BCUT2D eigenvalue weighted by atomic mass is 16.5. The first-order valence-corrected chi connectivity index (χ1v) is 3.83. The molecule has 2 atom stereocenters. The zero-order valence-corrected chi connectivity index (χ0v) is 6.54. The molecule has 2 aliphatic rings. The van der Waals surface area contributed by atoms with E-state index in [1.807, 2.05) is 0 Å². The van der Waals surface area contributed by atoms with Gasteiger partial charge in [0.05, 0.1) is 7.11 Å². The molecule has 0 saturated carbocycles. The van der Waals surface area contributed by atoms with Crippen LogP contribution in [0.3, 0.4) is 0 Å². The standard InChI is InChI=1S/C8H11NO2/c1-11-8(10)7-6-2-4-9(7)5-3-6/h2,7H,3-5H2,1H3. The molecular weight excluding hydrogens is 142 g/mol. The van der Waals surface area contributed by atoms with Crippen molar-refractivity contribution >= 4 is 5.97 Å². The van der Waals surface area contributed by atoms with Crippen LogP contribution >= 0.6 is 0 Å². The van der Waals surface area contributed by atoms with Gasteiger partial charge in [-0.3, -0.25) is 9.69 Å². The summed E-state index contributed by atoms with van der Waals surface area (Å²) < 4.78 is 4.69. The summed E-state index contributed by atoms with van der Waals surface area (Å²) in [5, 5.41) is 0. The molecule has 0 aromatic carbocycles. The number of fused-ring (bicyclic) bond motifs is 2. The van der Waals surface area contributed by atoms with Crippen LogP contribution in [0.2, 0.25) is 0 Å². The second-order valence-electron chi connectivity index (χ2n) is 2.95. The minimum atomic E-state index is -0.105. The van der Waals surface area contributed by atoms with E-state index in [2.05, 4.69) is 11.0 Å². The van der Waals surface area contributed by atoms with Gasteiger partial charge >= 0.3 is 5.97 Å². The minimum absolute atomic E-state index is 0.0417. The molecule has 1 fully saturated rings. The van der Waals surface area contributed by atoms with E-state index < -0.39 is 0 Å². The van der Waals surface area contributed by atoms with Gasteiger partial charge in [-0.15, -0.1) is 0 Å². The van der Waals surface area contributed by atoms with E-state index in [0.717, 1.165) is 19.5 Å². The highest BCUT2D eigenvalue weighted by Crippen LogP contribution is 2.29. The van der Waals surface area contributed by atoms with Gasteiger partial charge in [0.2, 0.25) is 0 Å². The van der Waals surface area contributed by atoms with Crippen LogP contribution < -0.4 is 0 Å². The lowest BCUT2D eigenvalue weighted by molar-refractivity contribution is -0.144. The maximum Gasteiger partial charge on any atom is 0.327 e. The summed E-state index contributed by atoms with van der Waals surface area (Å²) in [5.74, 6) is -0.105. The Morgan fingerprint density at radius 3 is 3.00 bits per heavy atom. The number of rotatable bonds is 1. The lowest BCUT2D eigenvalue weighted by atomic mass is 10.1. The fourth-order valence-electron chi connectivity index (χ4n) is 1.83. The topological polar surface area (TPSA) is 29.5 Å². The molecule has 3 heteroatoms. The second-order valence-corrected chi connectivity index (χ2v) is 2.95. The summed E-state index contributed by atoms with van der Waals surface area (Å²) in [7, 11) is 1.45. The van der Waals surface area contributed by atoms with Crippen molar-refractivity contribution < 1.29 is 9.53 Å². The molecule has 0 aliphatic carbocycles. The van der Waals surface area contributed by atoms with E-state index in [1.165, 1.54) is 12.7 Å². The lowest BCUT2D eigenvalue weighted by Gasteiger charge is -2.15. The fraction of sp³-hybridized carbons (Fsp3) is 0.625. The smallest absolute Gasteiger partial charge is 0.327 e. The summed E-state index contributed by atoms with van der Waals surface area (Å²) in [6, 6.07) is -0.0417. The van der Waals surface area contributed by atoms with E-state index >= 15 is 0 Å². The summed E-state index contributed by atoms with van der Waals surface area (Å²) >= 11 is 0. The van der Waals surface area contributed by atoms with E-state index in [-0.39, 0.29) is 12.0 Å². The normalized spacial score (nSPS) is 33.7. The summed E-state index contributed by atoms with van der Waals surface area (Å²) in [4.78, 5) is 13.3. The first-order chi connectivity index (χ1) is 5.33. The number of methoxy groups -OCH3 is 1. The molecule has 0 aromatic heterocycles. The zero-order valence-electron chi connectivity index (χ0n) is 6.54. The number of carbonyl (C=O) groups excluding carboxylic acids is 1. The number of esters is 1. The van der Waals surface area contributed by atoms with Gasteiger partial charge in [0.1, 0.15) is 6.04 Å². The quantitative estimate of drug-likeness (QED) is 0.397. The van der Waals surface area contributed by atoms with Crippen LogP contribution in [0.4, 0.5) is 0 Å². The van der Waals surface area contributed by atoms with Crippen LogP contribution in [0, 0.1) is 0 Å². The Balaban J connectivity index is 2.17. The monoisotopic (exact) mass is 153 g/mol. The minimum Gasteiger partial charge on any atom is -0.468 e. The van der Waals surface area contributed by atoms with Crippen molar-refractivity contribution in [3.8, 4) is 0 Å². The molecule has 2 heterocycles. The van der Waals surface area contributed by atoms with Crippen molar-refractivity contribution in [3.05, 3.63) is 11.6 Å². The largest absolute Gasteiger partial charge is 0.468 e. The predicted molar refractivity (Wildman–Crippen MR) is 40.1 cm³/mol. The van der Waals surface area contributed by atoms with Gasteiger partial charge in [-0.05, 0) is 12.0 Å². The molecule has 60 valence electrons. The van der Waals surface area contributed by atoms with Gasteiger partial charge in [-0.2, -0.15) is 0 Å². The van der Waals surface area contributed by atoms with Gasteiger partial charge in [-0.1, -0.05) is 6.08 Å². The third-order valence-electron chi connectivity index (χ3n) is 2.42. The van der Waals surface area contributed by atoms with Crippen LogP contribution in [0.1, 0.15) is 6.42 Å². The molecule has 0 amide bonds. The highest BCUT2D eigenvalue weighted by Gasteiger charge is 2.38. The molecular formula is C8H11NO2. The van der Waals surface area contributed by atoms with E-state index in [9.17, 15) is 4.79 Å². The summed E-state index contributed by atoms with van der Waals surface area (Å²) in [5.41, 5.74) is 1.25. The van der Waals surface area contributed by atoms with Crippen molar-refractivity contribution in [1.82, 2.24) is 4.90 Å². The Morgan fingerprint density at radius 2 is 2.64 bits per heavy atom. The lowest BCUT2D eigenvalue weighted by Crippen LogP contribution is -2.34. The molecule has 2 aliphatic heterocycles. The molecule has 0 spiro atoms. The Bertz CT molecular complexity index is 222. The number of nitrogens with zero attached hydrogens (tertiary/aromatic N) is 1. The molecule has 11 heavy (non-hydrogen) atoms. The van der Waals surface area contributed by atoms with E-state index in [4.69, 9.17) is 4.74 Å². The van der Waals surface area contributed by atoms with Gasteiger partial charge in [0.25, 0.3) is 0 Å². The van der Waals surface area contributed by atoms with Crippen molar-refractivity contribution in [2.24, 2.45) is 0 Å². The molecule has 2 unspecified atom stereocenters. The van der Waals surface area contributed by atoms with Crippen LogP contribution in [0.15, 0.2) is 11.6 Å². The predicted octanol–water partition coefficient (Wildman–Crippen LogP) is 0.174. The molecule has 2 rings (SSSR count). The summed E-state index contributed by atoms with van der Waals surface area (Å²) in [6.07, 6.45) is 3.17. The number of ether oxygens (including phenoxy) is 1. The average molecular weight is 153 g/mol. The molecule has 0 radical (unpaired) electrons. The third-order valence-corrected chi connectivity index (χ3v) is 2.42. The second kappa shape index (κ2) is 2.34. The van der Waals surface area contributed by atoms with Crippen molar-refractivity contribution in [1.29, 1.82) is 0 Å². The number of hydrogen-bond donors (Lipinski definition) is 0.